The molecule has 2 unspecified atom stereocenters. The molecule has 2 fully saturated rings. The zero-order chi connectivity index (χ0) is 18.1. The van der Waals surface area contributed by atoms with Gasteiger partial charge in [-0.1, -0.05) is 65.0 Å². The van der Waals surface area contributed by atoms with Crippen molar-refractivity contribution >= 4 is 0 Å². The molecule has 142 valence electrons. The van der Waals surface area contributed by atoms with Gasteiger partial charge in [0.05, 0.1) is 0 Å². The molecule has 3 rings (SSSR count). The van der Waals surface area contributed by atoms with Crippen molar-refractivity contribution in [3.63, 3.8) is 0 Å². The van der Waals surface area contributed by atoms with Gasteiger partial charge in [0.1, 0.15) is 5.75 Å². The van der Waals surface area contributed by atoms with Crippen molar-refractivity contribution in [3.05, 3.63) is 29.8 Å². The maximum absolute atomic E-state index is 9.71. The summed E-state index contributed by atoms with van der Waals surface area (Å²) in [4.78, 5) is 2.67. The molecular weight excluding hydrogens is 306 g/mol. The van der Waals surface area contributed by atoms with E-state index in [2.05, 4.69) is 17.9 Å². The fraction of sp³-hybridized carbons (Fsp3) is 0.739. The summed E-state index contributed by atoms with van der Waals surface area (Å²) in [5.74, 6) is 2.72. The molecule has 2 atom stereocenters. The van der Waals surface area contributed by atoms with Crippen LogP contribution >= 0.6 is 0 Å². The molecule has 1 heterocycles. The van der Waals surface area contributed by atoms with Crippen LogP contribution in [0.5, 0.6) is 5.75 Å². The lowest BCUT2D eigenvalue weighted by Gasteiger charge is -2.37. The Bertz CT molecular complexity index is 481. The SMILES string of the molecule is CC.CC1CN(CCCC2CCCCC2)CCC1c1cccc(O)c1. The normalized spacial score (nSPS) is 25.2. The van der Waals surface area contributed by atoms with Crippen molar-refractivity contribution in [1.29, 1.82) is 0 Å². The van der Waals surface area contributed by atoms with E-state index in [1.807, 2.05) is 26.0 Å². The average Bonchev–Trinajstić information content (AvgIpc) is 2.64. The van der Waals surface area contributed by atoms with Crippen LogP contribution in [0.25, 0.3) is 0 Å². The second-order valence-corrected chi connectivity index (χ2v) is 7.91. The van der Waals surface area contributed by atoms with E-state index in [9.17, 15) is 5.11 Å². The van der Waals surface area contributed by atoms with Gasteiger partial charge in [-0.3, -0.25) is 0 Å². The number of hydrogen-bond donors (Lipinski definition) is 1. The van der Waals surface area contributed by atoms with E-state index >= 15 is 0 Å². The zero-order valence-electron chi connectivity index (χ0n) is 16.7. The van der Waals surface area contributed by atoms with Crippen LogP contribution in [0.2, 0.25) is 0 Å². The average molecular weight is 346 g/mol. The highest BCUT2D eigenvalue weighted by atomic mass is 16.3. The van der Waals surface area contributed by atoms with Crippen molar-refractivity contribution in [2.75, 3.05) is 19.6 Å². The first-order valence-corrected chi connectivity index (χ1v) is 10.7. The Morgan fingerprint density at radius 1 is 1.08 bits per heavy atom. The number of benzene rings is 1. The first-order valence-electron chi connectivity index (χ1n) is 10.7. The molecule has 1 aliphatic heterocycles. The summed E-state index contributed by atoms with van der Waals surface area (Å²) < 4.78 is 0. The number of phenols is 1. The molecule has 0 amide bonds. The van der Waals surface area contributed by atoms with Crippen molar-refractivity contribution in [2.24, 2.45) is 11.8 Å². The molecule has 1 N–H and O–H groups in total. The molecule has 2 aliphatic rings. The van der Waals surface area contributed by atoms with Crippen LogP contribution in [0.3, 0.4) is 0 Å². The summed E-state index contributed by atoms with van der Waals surface area (Å²) in [5.41, 5.74) is 1.32. The monoisotopic (exact) mass is 345 g/mol. The molecule has 0 bridgehead atoms. The minimum atomic E-state index is 0.407. The van der Waals surface area contributed by atoms with Crippen LogP contribution in [0.4, 0.5) is 0 Å². The topological polar surface area (TPSA) is 23.5 Å². The number of likely N-dealkylation sites (tertiary alicyclic amines) is 1. The first-order chi connectivity index (χ1) is 12.2. The molecule has 1 aromatic carbocycles. The van der Waals surface area contributed by atoms with Gasteiger partial charge < -0.3 is 10.0 Å². The molecule has 2 nitrogen and oxygen atoms in total. The van der Waals surface area contributed by atoms with Crippen LogP contribution in [0, 0.1) is 11.8 Å². The van der Waals surface area contributed by atoms with Gasteiger partial charge in [-0.15, -0.1) is 0 Å². The Labute approximate surface area is 155 Å². The second kappa shape index (κ2) is 10.9. The first kappa shape index (κ1) is 20.3. The maximum atomic E-state index is 9.71. The van der Waals surface area contributed by atoms with Crippen LogP contribution in [0.15, 0.2) is 24.3 Å². The fourth-order valence-electron chi connectivity index (χ4n) is 4.77. The quantitative estimate of drug-likeness (QED) is 0.686. The van der Waals surface area contributed by atoms with Crippen LogP contribution in [-0.4, -0.2) is 29.6 Å². The Morgan fingerprint density at radius 3 is 2.52 bits per heavy atom. The summed E-state index contributed by atoms with van der Waals surface area (Å²) in [5, 5.41) is 9.71. The predicted molar refractivity (Wildman–Crippen MR) is 108 cm³/mol. The smallest absolute Gasteiger partial charge is 0.115 e. The zero-order valence-corrected chi connectivity index (χ0v) is 16.7. The Balaban J connectivity index is 0.00000109. The second-order valence-electron chi connectivity index (χ2n) is 7.91. The van der Waals surface area contributed by atoms with Crippen LogP contribution < -0.4 is 0 Å². The molecule has 2 heteroatoms. The molecule has 1 aromatic rings. The summed E-state index contributed by atoms with van der Waals surface area (Å²) in [6.45, 7) is 10.1. The number of piperidine rings is 1. The van der Waals surface area contributed by atoms with Crippen molar-refractivity contribution < 1.29 is 5.11 Å². The number of aromatic hydroxyl groups is 1. The van der Waals surface area contributed by atoms with Crippen molar-refractivity contribution in [3.8, 4) is 5.75 Å². The van der Waals surface area contributed by atoms with Gasteiger partial charge in [-0.2, -0.15) is 0 Å². The Morgan fingerprint density at radius 2 is 1.84 bits per heavy atom. The van der Waals surface area contributed by atoms with Gasteiger partial charge in [0.15, 0.2) is 0 Å². The summed E-state index contributed by atoms with van der Waals surface area (Å²) in [7, 11) is 0. The van der Waals surface area contributed by atoms with Crippen LogP contribution in [0.1, 0.15) is 83.6 Å². The Hall–Kier alpha value is -1.02. The highest BCUT2D eigenvalue weighted by Gasteiger charge is 2.27. The standard InChI is InChI=1S/C21H33NO.C2H6/c1-17-16-22(13-6-9-18-7-3-2-4-8-18)14-12-21(17)19-10-5-11-20(23)15-19;1-2/h5,10-11,15,17-18,21,23H,2-4,6-9,12-14,16H2,1H3;1-2H3. The predicted octanol–water partition coefficient (Wildman–Crippen LogP) is 6.20. The molecule has 0 radical (unpaired) electrons. The highest BCUT2D eigenvalue weighted by molar-refractivity contribution is 5.30. The van der Waals surface area contributed by atoms with E-state index in [0.29, 0.717) is 17.6 Å². The van der Waals surface area contributed by atoms with E-state index in [-0.39, 0.29) is 0 Å². The van der Waals surface area contributed by atoms with E-state index in [1.54, 1.807) is 6.07 Å². The summed E-state index contributed by atoms with van der Waals surface area (Å²) in [6.07, 6.45) is 11.4. The van der Waals surface area contributed by atoms with Gasteiger partial charge in [0.2, 0.25) is 0 Å². The lowest BCUT2D eigenvalue weighted by Crippen LogP contribution is -2.39. The van der Waals surface area contributed by atoms with Gasteiger partial charge in [0.25, 0.3) is 0 Å². The van der Waals surface area contributed by atoms with Gasteiger partial charge in [-0.05, 0) is 67.8 Å². The summed E-state index contributed by atoms with van der Waals surface area (Å²) in [6, 6.07) is 7.89. The molecule has 25 heavy (non-hydrogen) atoms. The molecule has 1 saturated carbocycles. The number of hydrogen-bond acceptors (Lipinski definition) is 2. The largest absolute Gasteiger partial charge is 0.508 e. The minimum absolute atomic E-state index is 0.407. The maximum Gasteiger partial charge on any atom is 0.115 e. The third-order valence-electron chi connectivity index (χ3n) is 6.10. The molecule has 0 aromatic heterocycles. The summed E-state index contributed by atoms with van der Waals surface area (Å²) >= 11 is 0. The molecule has 1 aliphatic carbocycles. The number of nitrogens with zero attached hydrogens (tertiary/aromatic N) is 1. The molecular formula is C23H39NO. The lowest BCUT2D eigenvalue weighted by molar-refractivity contribution is 0.156. The van der Waals surface area contributed by atoms with E-state index in [4.69, 9.17) is 0 Å². The van der Waals surface area contributed by atoms with Gasteiger partial charge in [-0.25, -0.2) is 0 Å². The highest BCUT2D eigenvalue weighted by Crippen LogP contribution is 2.34. The number of phenolic OH excluding ortho intramolecular Hbond substituents is 1. The molecule has 0 spiro atoms. The van der Waals surface area contributed by atoms with Crippen molar-refractivity contribution in [1.82, 2.24) is 4.90 Å². The fourth-order valence-corrected chi connectivity index (χ4v) is 4.77. The lowest BCUT2D eigenvalue weighted by atomic mass is 9.81. The van der Waals surface area contributed by atoms with Gasteiger partial charge in [0, 0.05) is 6.54 Å². The van der Waals surface area contributed by atoms with Gasteiger partial charge >= 0.3 is 0 Å². The number of rotatable bonds is 5. The van der Waals surface area contributed by atoms with Crippen LogP contribution in [-0.2, 0) is 0 Å². The van der Waals surface area contributed by atoms with Crippen molar-refractivity contribution in [2.45, 2.75) is 78.1 Å². The minimum Gasteiger partial charge on any atom is -0.508 e. The third kappa shape index (κ3) is 6.33. The Kier molecular flexibility index (Phi) is 8.81. The van der Waals surface area contributed by atoms with E-state index < -0.39 is 0 Å². The third-order valence-corrected chi connectivity index (χ3v) is 6.10. The van der Waals surface area contributed by atoms with E-state index in [0.717, 1.165) is 5.92 Å². The van der Waals surface area contributed by atoms with E-state index in [1.165, 1.54) is 76.6 Å². The molecule has 1 saturated heterocycles.